The summed E-state index contributed by atoms with van der Waals surface area (Å²) in [6.45, 7) is 7.33. The molecule has 8 heterocycles. The maximum absolute atomic E-state index is 5.65. The first-order chi connectivity index (χ1) is 63.0. The van der Waals surface area contributed by atoms with Crippen LogP contribution in [0.3, 0.4) is 0 Å². The van der Waals surface area contributed by atoms with E-state index in [4.69, 9.17) is 39.9 Å². The highest BCUT2D eigenvalue weighted by molar-refractivity contribution is 6.29. The van der Waals surface area contributed by atoms with Crippen molar-refractivity contribution in [1.29, 1.82) is 0 Å². The summed E-state index contributed by atoms with van der Waals surface area (Å²) >= 11 is 0. The lowest BCUT2D eigenvalue weighted by atomic mass is 9.74. The summed E-state index contributed by atoms with van der Waals surface area (Å²) in [5, 5.41) is 23.2. The van der Waals surface area contributed by atoms with Crippen molar-refractivity contribution in [3.8, 4) is 101 Å². The molecule has 1 unspecified atom stereocenters. The quantitative estimate of drug-likeness (QED) is 0.132. The molecule has 594 valence electrons. The van der Waals surface area contributed by atoms with Gasteiger partial charge in [-0.3, -0.25) is 19.9 Å². The molecule has 0 fully saturated rings. The molecule has 128 heavy (non-hydrogen) atoms. The standard InChI is InChI=1S/C120H74N8/c1-119(2)103-44-36-81(61-99(103)101-63-95-90-25-7-5-23-88(90)94-62-84(35-43-92(94)97(95)65-105(101)119)109-48-40-75-32-28-71-20-12-52-123-113(71)117(75)127-109)85-54-68(55-86(58-85)110-49-41-76-33-29-72-21-13-53-124-114(72)118(76)128-110)67-120(3)104-45-37-80(78-15-9-17-83(57-78)108-47-39-74-31-27-70-19-11-51-122-112(70)116(74)126-108)60-100(104)102-64-96-89-24-6-4-22-87(89)93-59-79(34-42-91(93)98(96)66-106(102)120)77-14-8-16-82(56-77)107-46-38-73-30-26-69-18-10-50-121-111(69)115(73)125-107/h4-66H,67H2,1-3H3. The van der Waals surface area contributed by atoms with Crippen LogP contribution in [0.15, 0.2) is 383 Å². The number of pyridine rings is 8. The van der Waals surface area contributed by atoms with Gasteiger partial charge in [-0.15, -0.1) is 0 Å². The molecule has 2 aliphatic rings. The number of nitrogens with zero attached hydrogens (tertiary/aromatic N) is 8. The van der Waals surface area contributed by atoms with E-state index >= 15 is 0 Å². The molecule has 0 aliphatic heterocycles. The highest BCUT2D eigenvalue weighted by atomic mass is 14.8. The molecule has 0 spiro atoms. The summed E-state index contributed by atoms with van der Waals surface area (Å²) in [6, 6.07) is 133. The maximum atomic E-state index is 5.65. The average molecular weight is 1630 g/mol. The van der Waals surface area contributed by atoms with Crippen LogP contribution in [0.2, 0.25) is 0 Å². The third-order valence-corrected chi connectivity index (χ3v) is 28.3. The van der Waals surface area contributed by atoms with Gasteiger partial charge in [-0.2, -0.15) is 0 Å². The minimum absolute atomic E-state index is 0.315. The molecule has 2 aliphatic carbocycles. The van der Waals surface area contributed by atoms with Crippen LogP contribution in [0.4, 0.5) is 0 Å². The van der Waals surface area contributed by atoms with Gasteiger partial charge in [-0.1, -0.05) is 257 Å². The highest BCUT2D eigenvalue weighted by Crippen LogP contribution is 2.57. The Balaban J connectivity index is 0.626. The Morgan fingerprint density at radius 2 is 0.492 bits per heavy atom. The fourth-order valence-electron chi connectivity index (χ4n) is 21.9. The van der Waals surface area contributed by atoms with Crippen LogP contribution in [-0.2, 0) is 17.3 Å². The molecule has 0 saturated carbocycles. The minimum atomic E-state index is -0.563. The Morgan fingerprint density at radius 1 is 0.188 bits per heavy atom. The first-order valence-corrected chi connectivity index (χ1v) is 44.1. The van der Waals surface area contributed by atoms with E-state index in [1.54, 1.807) is 0 Å². The number of hydrogen-bond acceptors (Lipinski definition) is 8. The van der Waals surface area contributed by atoms with Gasteiger partial charge in [0.2, 0.25) is 0 Å². The van der Waals surface area contributed by atoms with Crippen molar-refractivity contribution in [2.24, 2.45) is 0 Å². The highest BCUT2D eigenvalue weighted by Gasteiger charge is 2.42. The van der Waals surface area contributed by atoms with Crippen LogP contribution >= 0.6 is 0 Å². The van der Waals surface area contributed by atoms with Crippen molar-refractivity contribution in [2.75, 3.05) is 0 Å². The average Bonchev–Trinajstić information content (AvgIpc) is 1.54. The minimum Gasteiger partial charge on any atom is -0.254 e. The van der Waals surface area contributed by atoms with E-state index in [-0.39, 0.29) is 5.41 Å². The molecule has 0 amide bonds. The van der Waals surface area contributed by atoms with E-state index in [1.807, 2.05) is 49.1 Å². The summed E-state index contributed by atoms with van der Waals surface area (Å²) in [5.74, 6) is 0. The van der Waals surface area contributed by atoms with Crippen LogP contribution in [0.1, 0.15) is 48.6 Å². The zero-order chi connectivity index (χ0) is 84.4. The third kappa shape index (κ3) is 11.0. The predicted molar refractivity (Wildman–Crippen MR) is 532 cm³/mol. The first-order valence-electron chi connectivity index (χ1n) is 44.1. The number of benzene rings is 17. The molecule has 8 heteroatoms. The Labute approximate surface area is 735 Å². The topological polar surface area (TPSA) is 103 Å². The zero-order valence-electron chi connectivity index (χ0n) is 70.2. The predicted octanol–water partition coefficient (Wildman–Crippen LogP) is 30.5. The Morgan fingerprint density at radius 3 is 0.961 bits per heavy atom. The van der Waals surface area contributed by atoms with Gasteiger partial charge in [0, 0.05) is 101 Å². The zero-order valence-corrected chi connectivity index (χ0v) is 70.2. The van der Waals surface area contributed by atoms with Crippen LogP contribution in [0.25, 0.3) is 253 Å². The van der Waals surface area contributed by atoms with Crippen molar-refractivity contribution in [2.45, 2.75) is 38.0 Å². The van der Waals surface area contributed by atoms with Crippen molar-refractivity contribution >= 4 is 152 Å². The van der Waals surface area contributed by atoms with Gasteiger partial charge < -0.3 is 0 Å². The normalized spacial score (nSPS) is 14.0. The van der Waals surface area contributed by atoms with Gasteiger partial charge >= 0.3 is 0 Å². The number of aromatic nitrogens is 8. The molecule has 17 aromatic carbocycles. The molecule has 0 radical (unpaired) electrons. The first kappa shape index (κ1) is 72.1. The maximum Gasteiger partial charge on any atom is 0.0972 e. The second-order valence-corrected chi connectivity index (χ2v) is 35.9. The van der Waals surface area contributed by atoms with E-state index < -0.39 is 5.41 Å². The fourth-order valence-corrected chi connectivity index (χ4v) is 21.9. The van der Waals surface area contributed by atoms with Crippen LogP contribution in [0, 0.1) is 0 Å². The van der Waals surface area contributed by atoms with Gasteiger partial charge in [0.05, 0.1) is 66.9 Å². The van der Waals surface area contributed by atoms with E-state index in [0.717, 1.165) is 166 Å². The molecule has 27 rings (SSSR count). The largest absolute Gasteiger partial charge is 0.254 e. The molecule has 0 N–H and O–H groups in total. The van der Waals surface area contributed by atoms with E-state index in [0.29, 0.717) is 6.42 Å². The summed E-state index contributed by atoms with van der Waals surface area (Å²) in [7, 11) is 0. The molecule has 0 bridgehead atoms. The van der Waals surface area contributed by atoms with Crippen molar-refractivity contribution in [3.63, 3.8) is 0 Å². The molecular weight excluding hydrogens is 1550 g/mol. The Bertz CT molecular complexity index is 9270. The SMILES string of the molecule is CC1(C)c2ccc(-c3cc(CC4(C)c5ccc(-c6cccc(-c7ccc8ccc9cccnc9c8n7)c6)cc5-c5cc6c7ccccc7c7cc(-c8cccc(-c9ccc%10ccc%11cccnc%11c%10n9)c8)ccc7c6cc54)cc(-c4ccc5ccc6cccnc6c5n4)c3)cc2-c2cc3c4ccccc4c4cc(-c5ccc6ccc7cccnc7c6n5)ccc4c3cc21. The molecular formula is C120H74N8. The van der Waals surface area contributed by atoms with Crippen LogP contribution in [-0.4, -0.2) is 39.9 Å². The summed E-state index contributed by atoms with van der Waals surface area (Å²) < 4.78 is 0. The van der Waals surface area contributed by atoms with Gasteiger partial charge in [-0.25, -0.2) is 19.9 Å². The fraction of sp³-hybridized carbons (Fsp3) is 0.0500. The van der Waals surface area contributed by atoms with Crippen molar-refractivity contribution < 1.29 is 0 Å². The Hall–Kier alpha value is -16.4. The van der Waals surface area contributed by atoms with E-state index in [2.05, 4.69) is 354 Å². The lowest BCUT2D eigenvalue weighted by Crippen LogP contribution is -2.24. The third-order valence-electron chi connectivity index (χ3n) is 28.3. The lowest BCUT2D eigenvalue weighted by Gasteiger charge is -2.29. The van der Waals surface area contributed by atoms with Crippen LogP contribution < -0.4 is 0 Å². The van der Waals surface area contributed by atoms with E-state index in [9.17, 15) is 0 Å². The molecule has 25 aromatic rings. The van der Waals surface area contributed by atoms with Gasteiger partial charge in [0.1, 0.15) is 0 Å². The second kappa shape index (κ2) is 27.3. The van der Waals surface area contributed by atoms with Crippen LogP contribution in [0.5, 0.6) is 0 Å². The van der Waals surface area contributed by atoms with Gasteiger partial charge in [-0.05, 0) is 276 Å². The molecule has 0 saturated heterocycles. The van der Waals surface area contributed by atoms with Gasteiger partial charge in [0.25, 0.3) is 0 Å². The van der Waals surface area contributed by atoms with Crippen molar-refractivity contribution in [3.05, 3.63) is 411 Å². The number of rotatable bonds is 9. The number of fused-ring (bicyclic) bond motifs is 30. The monoisotopic (exact) mass is 1630 g/mol. The smallest absolute Gasteiger partial charge is 0.0972 e. The lowest BCUT2D eigenvalue weighted by molar-refractivity contribution is 0.584. The molecule has 8 aromatic heterocycles. The second-order valence-electron chi connectivity index (χ2n) is 35.9. The van der Waals surface area contributed by atoms with E-state index in [1.165, 1.54) is 115 Å². The van der Waals surface area contributed by atoms with Crippen molar-refractivity contribution in [1.82, 2.24) is 39.9 Å². The number of hydrogen-bond donors (Lipinski definition) is 0. The Kier molecular flexibility index (Phi) is 15.4. The summed E-state index contributed by atoms with van der Waals surface area (Å²) in [5.41, 5.74) is 32.4. The molecule has 1 atom stereocenters. The summed E-state index contributed by atoms with van der Waals surface area (Å²) in [4.78, 5) is 41.1. The summed E-state index contributed by atoms with van der Waals surface area (Å²) in [6.07, 6.45) is 8.14. The molecule has 8 nitrogen and oxygen atoms in total. The van der Waals surface area contributed by atoms with Gasteiger partial charge in [0.15, 0.2) is 0 Å².